The van der Waals surface area contributed by atoms with Crippen LogP contribution in [0.1, 0.15) is 13.8 Å². The van der Waals surface area contributed by atoms with Crippen molar-refractivity contribution in [1.82, 2.24) is 10.6 Å². The van der Waals surface area contributed by atoms with Crippen LogP contribution < -0.4 is 10.6 Å². The molecule has 0 aromatic rings. The first-order valence-corrected chi connectivity index (χ1v) is 26.6. The lowest BCUT2D eigenvalue weighted by Crippen LogP contribution is -2.70. The largest absolute Gasteiger partial charge is 0.394 e. The molecule has 7 rings (SSSR count). The van der Waals surface area contributed by atoms with Crippen molar-refractivity contribution in [1.29, 1.82) is 0 Å². The van der Waals surface area contributed by atoms with Crippen LogP contribution in [0.5, 0.6) is 0 Å². The first-order valence-electron chi connectivity index (χ1n) is 26.6. The summed E-state index contributed by atoms with van der Waals surface area (Å²) in [6, 6.07) is -3.39. The maximum absolute atomic E-state index is 12.7. The van der Waals surface area contributed by atoms with Crippen molar-refractivity contribution in [3.63, 3.8) is 0 Å². The summed E-state index contributed by atoms with van der Waals surface area (Å²) in [5.74, 6) is -1.62. The van der Waals surface area contributed by atoms with E-state index in [9.17, 15) is 117 Å². The number of aliphatic hydroxyl groups excluding tert-OH is 21. The number of hydrogen-bond acceptors (Lipinski definition) is 36. The molecule has 38 heteroatoms. The molecule has 84 heavy (non-hydrogen) atoms. The Morgan fingerprint density at radius 1 is 0.310 bits per heavy atom. The Balaban J connectivity index is 1.20. The molecule has 7 fully saturated rings. The average molecular weight is 1240 g/mol. The van der Waals surface area contributed by atoms with E-state index in [1.54, 1.807) is 0 Å². The third kappa shape index (κ3) is 14.9. The first kappa shape index (κ1) is 69.1. The highest BCUT2D eigenvalue weighted by atomic mass is 16.8. The average Bonchev–Trinajstić information content (AvgIpc) is 2.70. The summed E-state index contributed by atoms with van der Waals surface area (Å²) in [7, 11) is 0. The van der Waals surface area contributed by atoms with Gasteiger partial charge in [-0.2, -0.15) is 0 Å². The monoisotopic (exact) mass is 1230 g/mol. The molecule has 38 nitrogen and oxygen atoms in total. The quantitative estimate of drug-likeness (QED) is 0.0507. The normalized spacial score (nSPS) is 50.3. The molecule has 2 amide bonds. The second-order valence-electron chi connectivity index (χ2n) is 21.1. The van der Waals surface area contributed by atoms with E-state index < -0.39 is 273 Å². The molecule has 0 bridgehead atoms. The minimum Gasteiger partial charge on any atom is -0.394 e. The Morgan fingerprint density at radius 3 is 1.00 bits per heavy atom. The van der Waals surface area contributed by atoms with Crippen LogP contribution >= 0.6 is 0 Å². The fraction of sp³-hybridized carbons (Fsp3) is 0.957. The van der Waals surface area contributed by atoms with Gasteiger partial charge in [0, 0.05) is 13.8 Å². The first-order chi connectivity index (χ1) is 39.7. The van der Waals surface area contributed by atoms with Crippen molar-refractivity contribution in [2.24, 2.45) is 0 Å². The SMILES string of the molecule is CC(=O)N[C@@H]1[C@@H](O)[C@H](O[C@@H]2O[C@H](CO)[C@@H](O[C@@H]3O[C@H](CO[C@H]4O[C@H](CO)[C@@H](O)[C@H](O)[C@@H]4O)[C@@H](O)[C@H](O[C@H]4O[C@H](CO[C@H]5O[C@H](CO)[C@@H](O)[C@H](O)[C@@H]5O)[C@@H](O)[C@H](O[C@H]5O[C@H](CO)[C@@H](O)[C@H](O)[C@@H]5O)[C@@H]4O)[C@@H]3O)[C@H](O)[C@H]2NC(C)=O)[C@@H](CO)O[C@H]1O. The lowest BCUT2D eigenvalue weighted by Gasteiger charge is -2.50. The molecule has 7 aliphatic heterocycles. The molecule has 23 N–H and O–H groups in total. The Labute approximate surface area is 475 Å². The highest BCUT2D eigenvalue weighted by Gasteiger charge is 2.58. The lowest BCUT2D eigenvalue weighted by molar-refractivity contribution is -0.394. The predicted molar refractivity (Wildman–Crippen MR) is 255 cm³/mol. The third-order valence-corrected chi connectivity index (χ3v) is 15.3. The van der Waals surface area contributed by atoms with E-state index in [1.807, 2.05) is 0 Å². The summed E-state index contributed by atoms with van der Waals surface area (Å²) < 4.78 is 74.4. The fourth-order valence-electron chi connectivity index (χ4n) is 10.6. The number of ether oxygens (including phenoxy) is 13. The molecule has 7 heterocycles. The Kier molecular flexibility index (Phi) is 24.6. The number of hydrogen-bond donors (Lipinski definition) is 23. The third-order valence-electron chi connectivity index (χ3n) is 15.3. The molecule has 35 atom stereocenters. The zero-order chi connectivity index (χ0) is 61.9. The van der Waals surface area contributed by atoms with Crippen molar-refractivity contribution in [3.8, 4) is 0 Å². The minimum absolute atomic E-state index is 0.742. The summed E-state index contributed by atoms with van der Waals surface area (Å²) in [6.45, 7) is -4.77. The van der Waals surface area contributed by atoms with E-state index in [1.165, 1.54) is 0 Å². The highest BCUT2D eigenvalue weighted by Crippen LogP contribution is 2.37. The summed E-state index contributed by atoms with van der Waals surface area (Å²) in [4.78, 5) is 24.7. The maximum atomic E-state index is 12.7. The lowest BCUT2D eigenvalue weighted by atomic mass is 9.94. The Morgan fingerprint density at radius 2 is 0.607 bits per heavy atom. The zero-order valence-electron chi connectivity index (χ0n) is 44.7. The van der Waals surface area contributed by atoms with Gasteiger partial charge in [0.2, 0.25) is 11.8 Å². The number of carbonyl (C=O) groups excluding carboxylic acids is 2. The summed E-state index contributed by atoms with van der Waals surface area (Å²) >= 11 is 0. The van der Waals surface area contributed by atoms with Crippen LogP contribution in [0.25, 0.3) is 0 Å². The number of carbonyl (C=O) groups is 2. The summed E-state index contributed by atoms with van der Waals surface area (Å²) in [6.07, 6.45) is -65.7. The second-order valence-corrected chi connectivity index (χ2v) is 21.1. The van der Waals surface area contributed by atoms with Crippen LogP contribution in [0.15, 0.2) is 0 Å². The molecule has 0 aromatic carbocycles. The molecule has 0 radical (unpaired) electrons. The van der Waals surface area contributed by atoms with Gasteiger partial charge in [0.15, 0.2) is 44.0 Å². The molecular weight excluding hydrogens is 1160 g/mol. The van der Waals surface area contributed by atoms with Crippen LogP contribution in [0, 0.1) is 0 Å². The van der Waals surface area contributed by atoms with Crippen molar-refractivity contribution < 1.29 is 178 Å². The van der Waals surface area contributed by atoms with E-state index in [0.717, 1.165) is 13.8 Å². The minimum atomic E-state index is -2.42. The van der Waals surface area contributed by atoms with Gasteiger partial charge in [-0.05, 0) is 0 Å². The fourth-order valence-corrected chi connectivity index (χ4v) is 10.6. The molecule has 7 saturated heterocycles. The van der Waals surface area contributed by atoms with Crippen LogP contribution in [-0.2, 0) is 71.2 Å². The van der Waals surface area contributed by atoms with Gasteiger partial charge in [-0.25, -0.2) is 0 Å². The molecule has 0 unspecified atom stereocenters. The van der Waals surface area contributed by atoms with E-state index >= 15 is 0 Å². The molecule has 7 aliphatic rings. The summed E-state index contributed by atoms with van der Waals surface area (Å²) in [5, 5.41) is 231. The van der Waals surface area contributed by atoms with E-state index in [0.29, 0.717) is 0 Å². The molecule has 0 spiro atoms. The number of aliphatic hydroxyl groups is 21. The van der Waals surface area contributed by atoms with Crippen molar-refractivity contribution in [2.75, 3.05) is 46.2 Å². The van der Waals surface area contributed by atoms with Crippen LogP contribution in [0.3, 0.4) is 0 Å². The second kappa shape index (κ2) is 29.9. The van der Waals surface area contributed by atoms with E-state index in [2.05, 4.69) is 10.6 Å². The van der Waals surface area contributed by atoms with Gasteiger partial charge in [-0.3, -0.25) is 9.59 Å². The standard InChI is InChI=1S/C46H78N2O36/c1-10(54)47-19-26(61)36(15(6-52)74-40(19)71)81-41-20(48-11(2)55)27(62)37(16(7-53)78-41)82-45-34(69)39(25(60)17(79-45)8-72-42-31(66)28(63)21(56)12(3-49)75-42)84-46-35(70)38(83-44-33(68)30(65)23(58)14(5-51)77-44)24(59)18(80-46)9-73-43-32(67)29(64)22(57)13(4-50)76-43/h12-46,49-53,56-71H,3-9H2,1-2H3,(H,47,54)(H,48,55)/t12-,13-,14-,15-,16-,17-,18-,19-,20-,21-,22-,23-,24-,25-,26-,27-,28+,29+,30+,31+,32+,33+,34+,35+,36-,37-,38+,39+,40-,41+,42+,43+,44-,45+,46-/m1/s1. The van der Waals surface area contributed by atoms with Gasteiger partial charge in [-0.15, -0.1) is 0 Å². The molecule has 0 saturated carbocycles. The van der Waals surface area contributed by atoms with Gasteiger partial charge in [-0.1, -0.05) is 0 Å². The summed E-state index contributed by atoms with van der Waals surface area (Å²) in [5.41, 5.74) is 0. The molecular formula is C46H78N2O36. The molecule has 0 aliphatic carbocycles. The van der Waals surface area contributed by atoms with Crippen LogP contribution in [-0.4, -0.2) is 380 Å². The van der Waals surface area contributed by atoms with Gasteiger partial charge in [0.05, 0.1) is 46.2 Å². The van der Waals surface area contributed by atoms with Gasteiger partial charge < -0.3 is 179 Å². The number of amides is 2. The predicted octanol–water partition coefficient (Wildman–Crippen LogP) is -16.0. The van der Waals surface area contributed by atoms with E-state index in [4.69, 9.17) is 61.6 Å². The number of nitrogens with one attached hydrogen (secondary N) is 2. The Hall–Kier alpha value is -2.42. The van der Waals surface area contributed by atoms with Crippen LogP contribution in [0.2, 0.25) is 0 Å². The Bertz CT molecular complexity index is 2060. The van der Waals surface area contributed by atoms with Crippen LogP contribution in [0.4, 0.5) is 0 Å². The van der Waals surface area contributed by atoms with Crippen molar-refractivity contribution >= 4 is 11.8 Å². The smallest absolute Gasteiger partial charge is 0.217 e. The van der Waals surface area contributed by atoms with Gasteiger partial charge in [0.1, 0.15) is 171 Å². The van der Waals surface area contributed by atoms with E-state index in [-0.39, 0.29) is 0 Å². The molecule has 0 aromatic heterocycles. The maximum Gasteiger partial charge on any atom is 0.217 e. The molecule has 488 valence electrons. The number of rotatable bonds is 21. The van der Waals surface area contributed by atoms with Gasteiger partial charge in [0.25, 0.3) is 0 Å². The van der Waals surface area contributed by atoms with Gasteiger partial charge >= 0.3 is 0 Å². The zero-order valence-corrected chi connectivity index (χ0v) is 44.7. The topological polar surface area (TPSA) is 603 Å². The van der Waals surface area contributed by atoms with Crippen molar-refractivity contribution in [3.05, 3.63) is 0 Å². The highest BCUT2D eigenvalue weighted by molar-refractivity contribution is 5.73. The van der Waals surface area contributed by atoms with Crippen molar-refractivity contribution in [2.45, 2.75) is 229 Å².